The fourth-order valence-corrected chi connectivity index (χ4v) is 2.85. The second kappa shape index (κ2) is 10.1. The maximum Gasteiger partial charge on any atom is 0.416 e. The van der Waals surface area contributed by atoms with Crippen LogP contribution in [-0.4, -0.2) is 49.8 Å². The normalized spacial score (nSPS) is 11.9. The van der Waals surface area contributed by atoms with E-state index in [1.807, 2.05) is 6.92 Å². The van der Waals surface area contributed by atoms with Gasteiger partial charge < -0.3 is 19.4 Å². The number of benzene rings is 1. The number of nitrogens with one attached hydrogen (secondary N) is 1. The molecule has 0 saturated carbocycles. The van der Waals surface area contributed by atoms with Crippen LogP contribution in [-0.2, 0) is 17.3 Å². The van der Waals surface area contributed by atoms with E-state index >= 15 is 0 Å². The summed E-state index contributed by atoms with van der Waals surface area (Å²) < 4.78 is 49.4. The summed E-state index contributed by atoms with van der Waals surface area (Å²) in [6, 6.07) is 4.51. The fourth-order valence-electron chi connectivity index (χ4n) is 2.85. The zero-order valence-electron chi connectivity index (χ0n) is 19.2. The van der Waals surface area contributed by atoms with Gasteiger partial charge in [-0.05, 0) is 52.0 Å². The number of likely N-dealkylation sites (N-methyl/N-ethyl adjacent to an activating group) is 1. The first-order chi connectivity index (χ1) is 16.0. The van der Waals surface area contributed by atoms with Crippen molar-refractivity contribution in [3.63, 3.8) is 0 Å². The summed E-state index contributed by atoms with van der Waals surface area (Å²) in [5.41, 5.74) is -0.748. The summed E-state index contributed by atoms with van der Waals surface area (Å²) >= 11 is 0. The zero-order valence-corrected chi connectivity index (χ0v) is 19.2. The molecule has 0 aliphatic heterocycles. The molecule has 0 bridgehead atoms. The third-order valence-electron chi connectivity index (χ3n) is 4.47. The number of amides is 1. The maximum absolute atomic E-state index is 12.8. The lowest BCUT2D eigenvalue weighted by Crippen LogP contribution is -2.37. The summed E-state index contributed by atoms with van der Waals surface area (Å²) in [5, 5.41) is 10.9. The fraction of sp³-hybridized carbons (Fsp3) is 0.409. The smallest absolute Gasteiger partial charge is 0.416 e. The molecule has 34 heavy (non-hydrogen) atoms. The van der Waals surface area contributed by atoms with E-state index in [-0.39, 0.29) is 23.3 Å². The highest BCUT2D eigenvalue weighted by Crippen LogP contribution is 2.31. The molecule has 0 atom stereocenters. The predicted octanol–water partition coefficient (Wildman–Crippen LogP) is 5.09. The first-order valence-corrected chi connectivity index (χ1v) is 10.5. The summed E-state index contributed by atoms with van der Waals surface area (Å²) in [6.45, 7) is 7.97. The van der Waals surface area contributed by atoms with Gasteiger partial charge in [0.25, 0.3) is 5.89 Å². The second-order valence-corrected chi connectivity index (χ2v) is 8.26. The van der Waals surface area contributed by atoms with Gasteiger partial charge in [-0.15, -0.1) is 10.2 Å². The summed E-state index contributed by atoms with van der Waals surface area (Å²) in [6.07, 6.45) is -1.72. The summed E-state index contributed by atoms with van der Waals surface area (Å²) in [5.74, 6) is 0.599. The number of carbonyl (C=O) groups excluding carboxylic acids is 1. The number of hydrogen-bond acceptors (Lipinski definition) is 8. The number of rotatable bonds is 7. The van der Waals surface area contributed by atoms with E-state index in [0.717, 1.165) is 12.1 Å². The number of ether oxygens (including phenoxy) is 1. The Hall–Kier alpha value is -3.70. The number of halogens is 3. The van der Waals surface area contributed by atoms with Gasteiger partial charge in [0.1, 0.15) is 5.60 Å². The van der Waals surface area contributed by atoms with Crippen molar-refractivity contribution in [1.82, 2.24) is 25.1 Å². The minimum Gasteiger partial charge on any atom is -0.444 e. The molecule has 0 radical (unpaired) electrons. The molecule has 0 aliphatic rings. The van der Waals surface area contributed by atoms with Crippen LogP contribution < -0.4 is 5.32 Å². The Balaban J connectivity index is 1.70. The molecule has 3 rings (SSSR count). The molecule has 0 aliphatic carbocycles. The minimum absolute atomic E-state index is 0.0813. The number of nitrogens with zero attached hydrogens (tertiary/aromatic N) is 5. The van der Waals surface area contributed by atoms with Crippen molar-refractivity contribution in [3.8, 4) is 11.6 Å². The van der Waals surface area contributed by atoms with Crippen molar-refractivity contribution in [3.05, 3.63) is 48.1 Å². The molecule has 0 spiro atoms. The topological polar surface area (TPSA) is 106 Å². The first kappa shape index (κ1) is 24.9. The van der Waals surface area contributed by atoms with E-state index in [1.165, 1.54) is 29.4 Å². The maximum atomic E-state index is 12.8. The molecular weight excluding hydrogens is 453 g/mol. The third kappa shape index (κ3) is 6.65. The van der Waals surface area contributed by atoms with Gasteiger partial charge in [0.2, 0.25) is 5.89 Å². The Morgan fingerprint density at radius 3 is 2.38 bits per heavy atom. The summed E-state index contributed by atoms with van der Waals surface area (Å²) in [7, 11) is 0. The highest BCUT2D eigenvalue weighted by atomic mass is 19.4. The van der Waals surface area contributed by atoms with Crippen LogP contribution in [0.4, 0.5) is 29.5 Å². The van der Waals surface area contributed by atoms with E-state index in [4.69, 9.17) is 9.15 Å². The average molecular weight is 478 g/mol. The van der Waals surface area contributed by atoms with E-state index in [9.17, 15) is 18.0 Å². The van der Waals surface area contributed by atoms with Crippen LogP contribution in [0.3, 0.4) is 0 Å². The van der Waals surface area contributed by atoms with Crippen LogP contribution in [0.25, 0.3) is 11.6 Å². The standard InChI is InChI=1S/C22H25F3N6O3/c1-5-31(20(32)34-21(2,3)4)13-10-16-29-30-19(33-16)17-18(27-12-11-26-17)28-15-8-6-14(7-9-15)22(23,24)25/h6-9,11-12H,5,10,13H2,1-4H3,(H,27,28). The molecule has 0 saturated heterocycles. The second-order valence-electron chi connectivity index (χ2n) is 8.26. The highest BCUT2D eigenvalue weighted by molar-refractivity contribution is 5.70. The quantitative estimate of drug-likeness (QED) is 0.501. The average Bonchev–Trinajstić information content (AvgIpc) is 3.22. The van der Waals surface area contributed by atoms with Crippen molar-refractivity contribution in [2.24, 2.45) is 0 Å². The van der Waals surface area contributed by atoms with E-state index in [1.54, 1.807) is 20.8 Å². The monoisotopic (exact) mass is 478 g/mol. The van der Waals surface area contributed by atoms with Crippen LogP contribution in [0.1, 0.15) is 39.1 Å². The lowest BCUT2D eigenvalue weighted by atomic mass is 10.2. The van der Waals surface area contributed by atoms with Crippen molar-refractivity contribution < 1.29 is 27.1 Å². The van der Waals surface area contributed by atoms with Crippen LogP contribution >= 0.6 is 0 Å². The molecule has 2 aromatic heterocycles. The van der Waals surface area contributed by atoms with Crippen LogP contribution in [0.15, 0.2) is 41.1 Å². The van der Waals surface area contributed by atoms with Gasteiger partial charge >= 0.3 is 12.3 Å². The van der Waals surface area contributed by atoms with Gasteiger partial charge in [-0.25, -0.2) is 14.8 Å². The van der Waals surface area contributed by atoms with Gasteiger partial charge in [0.15, 0.2) is 11.5 Å². The van der Waals surface area contributed by atoms with Crippen molar-refractivity contribution in [2.45, 2.75) is 45.9 Å². The van der Waals surface area contributed by atoms with Crippen molar-refractivity contribution >= 4 is 17.6 Å². The predicted molar refractivity (Wildman–Crippen MR) is 117 cm³/mol. The Morgan fingerprint density at radius 2 is 1.76 bits per heavy atom. The SMILES string of the molecule is CCN(CCc1nnc(-c2nccnc2Nc2ccc(C(F)(F)F)cc2)o1)C(=O)OC(C)(C)C. The number of hydrogen-bond donors (Lipinski definition) is 1. The van der Waals surface area contributed by atoms with Crippen molar-refractivity contribution in [1.29, 1.82) is 0 Å². The van der Waals surface area contributed by atoms with Crippen LogP contribution in [0, 0.1) is 0 Å². The molecule has 1 aromatic carbocycles. The molecule has 1 N–H and O–H groups in total. The third-order valence-corrected chi connectivity index (χ3v) is 4.47. The Bertz CT molecular complexity index is 1110. The molecule has 1 amide bonds. The van der Waals surface area contributed by atoms with E-state index < -0.39 is 23.4 Å². The summed E-state index contributed by atoms with van der Waals surface area (Å²) in [4.78, 5) is 22.2. The Labute approximate surface area is 194 Å². The molecule has 12 heteroatoms. The Kier molecular flexibility index (Phi) is 7.38. The lowest BCUT2D eigenvalue weighted by Gasteiger charge is -2.26. The number of alkyl halides is 3. The number of aromatic nitrogens is 4. The molecule has 0 fully saturated rings. The first-order valence-electron chi connectivity index (χ1n) is 10.5. The lowest BCUT2D eigenvalue weighted by molar-refractivity contribution is -0.137. The molecular formula is C22H25F3N6O3. The zero-order chi connectivity index (χ0) is 24.9. The number of carbonyl (C=O) groups is 1. The van der Waals surface area contributed by atoms with Crippen molar-refractivity contribution in [2.75, 3.05) is 18.4 Å². The minimum atomic E-state index is -4.42. The van der Waals surface area contributed by atoms with Gasteiger partial charge in [-0.3, -0.25) is 0 Å². The largest absolute Gasteiger partial charge is 0.444 e. The van der Waals surface area contributed by atoms with Crippen LogP contribution in [0.2, 0.25) is 0 Å². The molecule has 0 unspecified atom stereocenters. The molecule has 3 aromatic rings. The Morgan fingerprint density at radius 1 is 1.09 bits per heavy atom. The van der Waals surface area contributed by atoms with E-state index in [0.29, 0.717) is 25.2 Å². The molecule has 182 valence electrons. The van der Waals surface area contributed by atoms with Gasteiger partial charge in [0, 0.05) is 37.6 Å². The molecule has 2 heterocycles. The van der Waals surface area contributed by atoms with Crippen LogP contribution in [0.5, 0.6) is 0 Å². The van der Waals surface area contributed by atoms with Gasteiger partial charge in [0.05, 0.1) is 5.56 Å². The number of anilines is 2. The van der Waals surface area contributed by atoms with E-state index in [2.05, 4.69) is 25.5 Å². The van der Waals surface area contributed by atoms with Gasteiger partial charge in [-0.2, -0.15) is 13.2 Å². The van der Waals surface area contributed by atoms with Gasteiger partial charge in [-0.1, -0.05) is 0 Å². The highest BCUT2D eigenvalue weighted by Gasteiger charge is 2.30. The molecule has 9 nitrogen and oxygen atoms in total.